The van der Waals surface area contributed by atoms with Gasteiger partial charge in [0, 0.05) is 16.5 Å². The van der Waals surface area contributed by atoms with Crippen molar-refractivity contribution in [1.82, 2.24) is 0 Å². The van der Waals surface area contributed by atoms with Crippen LogP contribution in [0.5, 0.6) is 5.75 Å². The van der Waals surface area contributed by atoms with E-state index < -0.39 is 5.63 Å². The van der Waals surface area contributed by atoms with Crippen LogP contribution < -0.4 is 5.63 Å². The second-order valence-corrected chi connectivity index (χ2v) is 5.48. The molecular formula is C17H12O3S. The summed E-state index contributed by atoms with van der Waals surface area (Å²) in [5, 5.41) is 10.1. The normalized spacial score (nSPS) is 10.5. The number of hydrogen-bond acceptors (Lipinski definition) is 4. The van der Waals surface area contributed by atoms with Gasteiger partial charge >= 0.3 is 5.63 Å². The molecule has 0 aliphatic carbocycles. The van der Waals surface area contributed by atoms with Gasteiger partial charge in [-0.15, -0.1) is 0 Å². The SMILES string of the molecule is O=c1oc(-c2ccccc2)cc(O)c1Sc1ccccc1. The van der Waals surface area contributed by atoms with E-state index in [1.165, 1.54) is 17.8 Å². The summed E-state index contributed by atoms with van der Waals surface area (Å²) in [4.78, 5) is 13.2. The average Bonchev–Trinajstić information content (AvgIpc) is 2.52. The van der Waals surface area contributed by atoms with Gasteiger partial charge in [-0.25, -0.2) is 4.79 Å². The molecule has 1 aromatic heterocycles. The number of rotatable bonds is 3. The zero-order valence-electron chi connectivity index (χ0n) is 11.0. The molecule has 2 aromatic carbocycles. The van der Waals surface area contributed by atoms with Crippen LogP contribution in [0, 0.1) is 0 Å². The molecule has 3 nitrogen and oxygen atoms in total. The molecule has 104 valence electrons. The predicted molar refractivity (Wildman–Crippen MR) is 82.6 cm³/mol. The lowest BCUT2D eigenvalue weighted by Gasteiger charge is -2.05. The fourth-order valence-electron chi connectivity index (χ4n) is 1.91. The maximum atomic E-state index is 12.1. The van der Waals surface area contributed by atoms with Crippen LogP contribution in [0.1, 0.15) is 0 Å². The molecule has 0 amide bonds. The largest absolute Gasteiger partial charge is 0.506 e. The summed E-state index contributed by atoms with van der Waals surface area (Å²) < 4.78 is 5.31. The van der Waals surface area contributed by atoms with Gasteiger partial charge in [0.25, 0.3) is 0 Å². The maximum absolute atomic E-state index is 12.1. The van der Waals surface area contributed by atoms with Gasteiger partial charge < -0.3 is 9.52 Å². The molecule has 0 aliphatic heterocycles. The topological polar surface area (TPSA) is 50.4 Å². The fraction of sp³-hybridized carbons (Fsp3) is 0. The van der Waals surface area contributed by atoms with Crippen molar-refractivity contribution in [3.63, 3.8) is 0 Å². The van der Waals surface area contributed by atoms with Gasteiger partial charge in [0.15, 0.2) is 0 Å². The summed E-state index contributed by atoms with van der Waals surface area (Å²) in [7, 11) is 0. The first kappa shape index (κ1) is 13.5. The summed E-state index contributed by atoms with van der Waals surface area (Å²) in [6, 6.07) is 20.1. The van der Waals surface area contributed by atoms with Crippen LogP contribution in [-0.4, -0.2) is 5.11 Å². The Balaban J connectivity index is 1.99. The Kier molecular flexibility index (Phi) is 3.79. The summed E-state index contributed by atoms with van der Waals surface area (Å²) in [6.07, 6.45) is 0. The van der Waals surface area contributed by atoms with Crippen molar-refractivity contribution in [1.29, 1.82) is 0 Å². The van der Waals surface area contributed by atoms with Crippen LogP contribution >= 0.6 is 11.8 Å². The van der Waals surface area contributed by atoms with Crippen molar-refractivity contribution in [2.45, 2.75) is 9.79 Å². The van der Waals surface area contributed by atoms with E-state index in [1.54, 1.807) is 0 Å². The monoisotopic (exact) mass is 296 g/mol. The van der Waals surface area contributed by atoms with E-state index in [0.717, 1.165) is 10.5 Å². The van der Waals surface area contributed by atoms with Crippen molar-refractivity contribution in [2.24, 2.45) is 0 Å². The standard InChI is InChI=1S/C17H12O3S/c18-14-11-15(12-7-3-1-4-8-12)20-17(19)16(14)21-13-9-5-2-6-10-13/h1-11,18H. The Labute approximate surface area is 125 Å². The lowest BCUT2D eigenvalue weighted by atomic mass is 10.1. The molecule has 0 radical (unpaired) electrons. The number of hydrogen-bond donors (Lipinski definition) is 1. The molecule has 1 heterocycles. The third kappa shape index (κ3) is 3.01. The molecule has 0 aliphatic rings. The van der Waals surface area contributed by atoms with Crippen LogP contribution in [0.15, 0.2) is 85.7 Å². The molecule has 0 bridgehead atoms. The van der Waals surface area contributed by atoms with Gasteiger partial charge in [-0.3, -0.25) is 0 Å². The lowest BCUT2D eigenvalue weighted by Crippen LogP contribution is -2.02. The molecule has 0 fully saturated rings. The molecule has 0 saturated carbocycles. The number of aromatic hydroxyl groups is 1. The van der Waals surface area contributed by atoms with E-state index in [9.17, 15) is 9.90 Å². The molecule has 0 unspecified atom stereocenters. The number of benzene rings is 2. The minimum atomic E-state index is -0.539. The minimum absolute atomic E-state index is 0.0704. The van der Waals surface area contributed by atoms with Gasteiger partial charge in [-0.05, 0) is 12.1 Å². The molecule has 3 rings (SSSR count). The van der Waals surface area contributed by atoms with Crippen LogP contribution in [0.4, 0.5) is 0 Å². The minimum Gasteiger partial charge on any atom is -0.506 e. The molecule has 3 aromatic rings. The molecule has 0 atom stereocenters. The summed E-state index contributed by atoms with van der Waals surface area (Å²) in [5.41, 5.74) is 0.212. The molecule has 1 N–H and O–H groups in total. The van der Waals surface area contributed by atoms with Crippen molar-refractivity contribution >= 4 is 11.8 Å². The van der Waals surface area contributed by atoms with E-state index >= 15 is 0 Å². The van der Waals surface area contributed by atoms with Crippen LogP contribution in [0.25, 0.3) is 11.3 Å². The van der Waals surface area contributed by atoms with Gasteiger partial charge in [0.1, 0.15) is 16.4 Å². The Morgan fingerprint density at radius 1 is 0.905 bits per heavy atom. The zero-order valence-corrected chi connectivity index (χ0v) is 11.8. The fourth-order valence-corrected chi connectivity index (χ4v) is 2.73. The summed E-state index contributed by atoms with van der Waals surface area (Å²) >= 11 is 1.19. The predicted octanol–water partition coefficient (Wildman–Crippen LogP) is 4.16. The molecule has 0 spiro atoms. The first-order valence-electron chi connectivity index (χ1n) is 6.39. The zero-order chi connectivity index (χ0) is 14.7. The van der Waals surface area contributed by atoms with Gasteiger partial charge in [-0.1, -0.05) is 60.3 Å². The molecule has 4 heteroatoms. The van der Waals surface area contributed by atoms with E-state index in [2.05, 4.69) is 0 Å². The molecule has 0 saturated heterocycles. The Morgan fingerprint density at radius 3 is 2.14 bits per heavy atom. The highest BCUT2D eigenvalue weighted by atomic mass is 32.2. The average molecular weight is 296 g/mol. The molecular weight excluding hydrogens is 284 g/mol. The third-order valence-electron chi connectivity index (χ3n) is 2.91. The quantitative estimate of drug-likeness (QED) is 0.788. The first-order valence-corrected chi connectivity index (χ1v) is 7.21. The highest BCUT2D eigenvalue weighted by Crippen LogP contribution is 2.33. The van der Waals surface area contributed by atoms with Crippen molar-refractivity contribution in [3.8, 4) is 17.1 Å². The second-order valence-electron chi connectivity index (χ2n) is 4.39. The van der Waals surface area contributed by atoms with Gasteiger partial charge in [0.05, 0.1) is 0 Å². The first-order chi connectivity index (χ1) is 10.2. The highest BCUT2D eigenvalue weighted by molar-refractivity contribution is 7.99. The van der Waals surface area contributed by atoms with E-state index in [4.69, 9.17) is 4.42 Å². The Hall–Kier alpha value is -2.46. The Bertz CT molecular complexity index is 795. The van der Waals surface area contributed by atoms with Gasteiger partial charge in [-0.2, -0.15) is 0 Å². The van der Waals surface area contributed by atoms with Crippen LogP contribution in [-0.2, 0) is 0 Å². The van der Waals surface area contributed by atoms with Crippen LogP contribution in [0.2, 0.25) is 0 Å². The molecule has 21 heavy (non-hydrogen) atoms. The highest BCUT2D eigenvalue weighted by Gasteiger charge is 2.13. The Morgan fingerprint density at radius 2 is 1.52 bits per heavy atom. The second kappa shape index (κ2) is 5.89. The van der Waals surface area contributed by atoms with Crippen molar-refractivity contribution in [3.05, 3.63) is 77.2 Å². The maximum Gasteiger partial charge on any atom is 0.354 e. The van der Waals surface area contributed by atoms with Gasteiger partial charge in [0.2, 0.25) is 0 Å². The van der Waals surface area contributed by atoms with E-state index in [1.807, 2.05) is 60.7 Å². The lowest BCUT2D eigenvalue weighted by molar-refractivity contribution is 0.430. The van der Waals surface area contributed by atoms with Crippen molar-refractivity contribution < 1.29 is 9.52 Å². The smallest absolute Gasteiger partial charge is 0.354 e. The van der Waals surface area contributed by atoms with Crippen LogP contribution in [0.3, 0.4) is 0 Å². The summed E-state index contributed by atoms with van der Waals surface area (Å²) in [6.45, 7) is 0. The van der Waals surface area contributed by atoms with E-state index in [-0.39, 0.29) is 10.6 Å². The third-order valence-corrected chi connectivity index (χ3v) is 4.00. The summed E-state index contributed by atoms with van der Waals surface area (Å²) in [5.74, 6) is 0.287. The van der Waals surface area contributed by atoms with E-state index in [0.29, 0.717) is 5.76 Å². The van der Waals surface area contributed by atoms with Crippen molar-refractivity contribution in [2.75, 3.05) is 0 Å².